The second-order valence-corrected chi connectivity index (χ2v) is 9.09. The lowest BCUT2D eigenvalue weighted by atomic mass is 9.81. The first-order chi connectivity index (χ1) is 13.1. The van der Waals surface area contributed by atoms with E-state index in [2.05, 4.69) is 44.9 Å². The van der Waals surface area contributed by atoms with Crippen LogP contribution >= 0.6 is 0 Å². The van der Waals surface area contributed by atoms with Crippen LogP contribution in [0.2, 0.25) is 0 Å². The van der Waals surface area contributed by atoms with Crippen LogP contribution in [0.1, 0.15) is 57.1 Å². The van der Waals surface area contributed by atoms with E-state index >= 15 is 0 Å². The lowest BCUT2D eigenvalue weighted by Crippen LogP contribution is -2.45. The van der Waals surface area contributed by atoms with Crippen molar-refractivity contribution in [1.82, 2.24) is 14.7 Å². The molecule has 0 saturated carbocycles. The van der Waals surface area contributed by atoms with Gasteiger partial charge in [-0.2, -0.15) is 0 Å². The highest BCUT2D eigenvalue weighted by Gasteiger charge is 2.27. The first-order valence-corrected chi connectivity index (χ1v) is 9.59. The number of pyridine rings is 1. The first-order valence-electron chi connectivity index (χ1n) is 9.59. The molecule has 5 nitrogen and oxygen atoms in total. The molecule has 3 aromatic rings. The van der Waals surface area contributed by atoms with E-state index in [9.17, 15) is 4.79 Å². The molecule has 148 valence electrons. The molecule has 0 aliphatic carbocycles. The Labute approximate surface area is 166 Å². The molecule has 1 amide bonds. The van der Waals surface area contributed by atoms with Crippen molar-refractivity contribution >= 4 is 11.6 Å². The van der Waals surface area contributed by atoms with Crippen molar-refractivity contribution in [3.8, 4) is 5.75 Å². The van der Waals surface area contributed by atoms with Crippen LogP contribution in [0.15, 0.2) is 54.9 Å². The number of hydrogen-bond donors (Lipinski definition) is 1. The molecule has 1 N–H and O–H groups in total. The Morgan fingerprint density at radius 2 is 1.89 bits per heavy atom. The summed E-state index contributed by atoms with van der Waals surface area (Å²) in [6.07, 6.45) is 4.78. The van der Waals surface area contributed by atoms with Gasteiger partial charge in [0.2, 0.25) is 0 Å². The number of nitrogens with zero attached hydrogens (tertiary/aromatic N) is 2. The van der Waals surface area contributed by atoms with Crippen molar-refractivity contribution in [3.63, 3.8) is 0 Å². The van der Waals surface area contributed by atoms with Crippen molar-refractivity contribution in [2.75, 3.05) is 0 Å². The van der Waals surface area contributed by atoms with Gasteiger partial charge in [0, 0.05) is 23.5 Å². The second kappa shape index (κ2) is 7.66. The lowest BCUT2D eigenvalue weighted by molar-refractivity contribution is 0.0891. The van der Waals surface area contributed by atoms with E-state index in [1.807, 2.05) is 47.1 Å². The maximum absolute atomic E-state index is 12.7. The Hall–Kier alpha value is -2.82. The largest absolute Gasteiger partial charge is 0.487 e. The zero-order chi connectivity index (χ0) is 20.4. The van der Waals surface area contributed by atoms with Gasteiger partial charge in [0.05, 0.1) is 5.69 Å². The number of imidazole rings is 1. The van der Waals surface area contributed by atoms with Crippen molar-refractivity contribution in [1.29, 1.82) is 0 Å². The molecule has 0 bridgehead atoms. The third kappa shape index (κ3) is 5.35. The van der Waals surface area contributed by atoms with Crippen LogP contribution in [0.25, 0.3) is 5.65 Å². The Balaban J connectivity index is 1.65. The summed E-state index contributed by atoms with van der Waals surface area (Å²) < 4.78 is 7.83. The van der Waals surface area contributed by atoms with Crippen molar-refractivity contribution in [3.05, 3.63) is 66.1 Å². The van der Waals surface area contributed by atoms with E-state index < -0.39 is 0 Å². The van der Waals surface area contributed by atoms with Gasteiger partial charge in [0.15, 0.2) is 0 Å². The summed E-state index contributed by atoms with van der Waals surface area (Å²) >= 11 is 0. The predicted octanol–water partition coefficient (Wildman–Crippen LogP) is 4.86. The zero-order valence-corrected chi connectivity index (χ0v) is 17.3. The monoisotopic (exact) mass is 379 g/mol. The minimum atomic E-state index is -0.289. The molecule has 2 aromatic heterocycles. The van der Waals surface area contributed by atoms with Crippen LogP contribution in [0.4, 0.5) is 0 Å². The van der Waals surface area contributed by atoms with E-state index in [1.165, 1.54) is 0 Å². The molecule has 0 unspecified atom stereocenters. The highest BCUT2D eigenvalue weighted by atomic mass is 16.5. The zero-order valence-electron chi connectivity index (χ0n) is 17.3. The number of fused-ring (bicyclic) bond motifs is 1. The molecule has 0 aliphatic heterocycles. The summed E-state index contributed by atoms with van der Waals surface area (Å²) in [5.41, 5.74) is 2.16. The molecule has 0 fully saturated rings. The molecule has 2 heterocycles. The van der Waals surface area contributed by atoms with E-state index in [-0.39, 0.29) is 16.9 Å². The fourth-order valence-electron chi connectivity index (χ4n) is 3.69. The number of hydrogen-bond acceptors (Lipinski definition) is 3. The Morgan fingerprint density at radius 3 is 2.61 bits per heavy atom. The van der Waals surface area contributed by atoms with Crippen LogP contribution in [0.3, 0.4) is 0 Å². The van der Waals surface area contributed by atoms with E-state index in [0.29, 0.717) is 17.9 Å². The number of nitrogens with one attached hydrogen (secondary N) is 1. The number of carbonyl (C=O) groups is 1. The Kier molecular flexibility index (Phi) is 5.45. The van der Waals surface area contributed by atoms with Gasteiger partial charge in [0.25, 0.3) is 5.91 Å². The molecule has 0 radical (unpaired) electrons. The molecule has 0 saturated heterocycles. The summed E-state index contributed by atoms with van der Waals surface area (Å²) in [4.78, 5) is 17.2. The SMILES string of the molecule is CC(C)(C)CC(C)(C)NC(=O)c1cccc(OCc2cn3ccccc3n2)c1. The van der Waals surface area contributed by atoms with Gasteiger partial charge >= 0.3 is 0 Å². The first kappa shape index (κ1) is 19.9. The quantitative estimate of drug-likeness (QED) is 0.665. The van der Waals surface area contributed by atoms with Crippen LogP contribution < -0.4 is 10.1 Å². The van der Waals surface area contributed by atoms with Gasteiger partial charge in [-0.05, 0) is 56.0 Å². The molecule has 0 spiro atoms. The second-order valence-electron chi connectivity index (χ2n) is 9.09. The fourth-order valence-corrected chi connectivity index (χ4v) is 3.69. The van der Waals surface area contributed by atoms with Gasteiger partial charge in [-0.15, -0.1) is 0 Å². The average Bonchev–Trinajstić information content (AvgIpc) is 3.00. The topological polar surface area (TPSA) is 55.6 Å². The number of benzene rings is 1. The summed E-state index contributed by atoms with van der Waals surface area (Å²) in [6.45, 7) is 11.0. The average molecular weight is 380 g/mol. The van der Waals surface area contributed by atoms with Crippen LogP contribution in [-0.2, 0) is 6.61 Å². The number of rotatable bonds is 6. The minimum Gasteiger partial charge on any atom is -0.487 e. The van der Waals surface area contributed by atoms with Crippen molar-refractivity contribution in [2.24, 2.45) is 5.41 Å². The molecule has 28 heavy (non-hydrogen) atoms. The molecule has 1 aromatic carbocycles. The normalized spacial score (nSPS) is 12.2. The third-order valence-corrected chi connectivity index (χ3v) is 4.32. The summed E-state index contributed by atoms with van der Waals surface area (Å²) in [7, 11) is 0. The van der Waals surface area contributed by atoms with Crippen molar-refractivity contribution in [2.45, 2.75) is 53.2 Å². The Bertz CT molecular complexity index is 934. The van der Waals surface area contributed by atoms with Gasteiger partial charge in [0.1, 0.15) is 18.0 Å². The van der Waals surface area contributed by atoms with Crippen LogP contribution in [-0.4, -0.2) is 20.8 Å². The highest BCUT2D eigenvalue weighted by molar-refractivity contribution is 5.95. The lowest BCUT2D eigenvalue weighted by Gasteiger charge is -2.33. The maximum Gasteiger partial charge on any atom is 0.251 e. The highest BCUT2D eigenvalue weighted by Crippen LogP contribution is 2.27. The molecular weight excluding hydrogens is 350 g/mol. The number of amides is 1. The van der Waals surface area contributed by atoms with Crippen LogP contribution in [0, 0.1) is 5.41 Å². The number of ether oxygens (including phenoxy) is 1. The molecule has 3 rings (SSSR count). The number of aromatic nitrogens is 2. The smallest absolute Gasteiger partial charge is 0.251 e. The number of carbonyl (C=O) groups excluding carboxylic acids is 1. The minimum absolute atomic E-state index is 0.0903. The van der Waals surface area contributed by atoms with E-state index in [4.69, 9.17) is 4.74 Å². The predicted molar refractivity (Wildman–Crippen MR) is 112 cm³/mol. The third-order valence-electron chi connectivity index (χ3n) is 4.32. The summed E-state index contributed by atoms with van der Waals surface area (Å²) in [5.74, 6) is 0.561. The van der Waals surface area contributed by atoms with Gasteiger partial charge in [-0.3, -0.25) is 4.79 Å². The van der Waals surface area contributed by atoms with Gasteiger partial charge in [-0.1, -0.05) is 32.9 Å². The summed E-state index contributed by atoms with van der Waals surface area (Å²) in [5, 5.41) is 3.14. The molecule has 0 atom stereocenters. The summed E-state index contributed by atoms with van der Waals surface area (Å²) in [6, 6.07) is 13.1. The molecular formula is C23H29N3O2. The van der Waals surface area contributed by atoms with Gasteiger partial charge in [-0.25, -0.2) is 4.98 Å². The van der Waals surface area contributed by atoms with Crippen molar-refractivity contribution < 1.29 is 9.53 Å². The van der Waals surface area contributed by atoms with E-state index in [1.54, 1.807) is 12.1 Å². The maximum atomic E-state index is 12.7. The Morgan fingerprint density at radius 1 is 1.11 bits per heavy atom. The fraction of sp³-hybridized carbons (Fsp3) is 0.391. The van der Waals surface area contributed by atoms with Gasteiger partial charge < -0.3 is 14.5 Å². The molecule has 0 aliphatic rings. The standard InChI is InChI=1S/C23H29N3O2/c1-22(2,3)16-23(4,5)25-21(27)17-9-8-10-19(13-17)28-15-18-14-26-12-7-6-11-20(26)24-18/h6-14H,15-16H2,1-5H3,(H,25,27). The van der Waals surface area contributed by atoms with Crippen LogP contribution in [0.5, 0.6) is 5.75 Å². The van der Waals surface area contributed by atoms with E-state index in [0.717, 1.165) is 17.8 Å². The molecule has 5 heteroatoms.